The van der Waals surface area contributed by atoms with Gasteiger partial charge in [-0.2, -0.15) is 0 Å². The molecule has 0 spiro atoms. The molecule has 18 heavy (non-hydrogen) atoms. The van der Waals surface area contributed by atoms with Crippen LogP contribution < -0.4 is 4.74 Å². The van der Waals surface area contributed by atoms with Crippen LogP contribution in [-0.2, 0) is 6.54 Å². The van der Waals surface area contributed by atoms with Gasteiger partial charge in [-0.05, 0) is 49.1 Å². The van der Waals surface area contributed by atoms with Crippen molar-refractivity contribution in [3.63, 3.8) is 0 Å². The van der Waals surface area contributed by atoms with Crippen molar-refractivity contribution in [1.29, 1.82) is 0 Å². The predicted octanol–water partition coefficient (Wildman–Crippen LogP) is 4.08. The van der Waals surface area contributed by atoms with E-state index < -0.39 is 0 Å². The maximum atomic E-state index is 5.31. The molecule has 0 amide bonds. The van der Waals surface area contributed by atoms with Gasteiger partial charge in [0.1, 0.15) is 5.75 Å². The van der Waals surface area contributed by atoms with Crippen LogP contribution in [0.3, 0.4) is 0 Å². The van der Waals surface area contributed by atoms with Crippen LogP contribution >= 0.6 is 15.9 Å². The first-order chi connectivity index (χ1) is 8.61. The number of ether oxygens (including phenoxy) is 1. The zero-order valence-corrected chi connectivity index (χ0v) is 13.0. The van der Waals surface area contributed by atoms with Gasteiger partial charge in [-0.15, -0.1) is 0 Å². The number of rotatable bonds is 4. The lowest BCUT2D eigenvalue weighted by molar-refractivity contribution is 0.198. The van der Waals surface area contributed by atoms with Gasteiger partial charge in [0.25, 0.3) is 0 Å². The third-order valence-electron chi connectivity index (χ3n) is 3.81. The maximum Gasteiger partial charge on any atom is 0.119 e. The summed E-state index contributed by atoms with van der Waals surface area (Å²) in [6.45, 7) is 6.88. The van der Waals surface area contributed by atoms with Crippen molar-refractivity contribution in [1.82, 2.24) is 4.90 Å². The molecule has 3 heteroatoms. The van der Waals surface area contributed by atoms with Crippen molar-refractivity contribution >= 4 is 15.9 Å². The fraction of sp³-hybridized carbons (Fsp3) is 0.600. The summed E-state index contributed by atoms with van der Waals surface area (Å²) in [4.78, 5) is 2.60. The van der Waals surface area contributed by atoms with Crippen molar-refractivity contribution in [2.75, 3.05) is 13.7 Å². The largest absolute Gasteiger partial charge is 0.497 e. The van der Waals surface area contributed by atoms with Crippen LogP contribution in [0.15, 0.2) is 22.7 Å². The van der Waals surface area contributed by atoms with Crippen molar-refractivity contribution in [3.8, 4) is 5.75 Å². The lowest BCUT2D eigenvalue weighted by atomic mass is 10.0. The summed E-state index contributed by atoms with van der Waals surface area (Å²) in [7, 11) is 1.72. The topological polar surface area (TPSA) is 12.5 Å². The number of benzene rings is 1. The standard InChI is InChI=1S/C15H22BrNO/c1-11(2)15-5-4-8-17(15)10-12-9-13(18-3)6-7-14(12)16/h6-7,9,11,15H,4-5,8,10H2,1-3H3. The highest BCUT2D eigenvalue weighted by atomic mass is 79.9. The van der Waals surface area contributed by atoms with E-state index in [0.29, 0.717) is 0 Å². The van der Waals surface area contributed by atoms with Gasteiger partial charge in [-0.25, -0.2) is 0 Å². The lowest BCUT2D eigenvalue weighted by Crippen LogP contribution is -2.32. The van der Waals surface area contributed by atoms with Gasteiger partial charge in [-0.3, -0.25) is 4.90 Å². The molecule has 1 fully saturated rings. The summed E-state index contributed by atoms with van der Waals surface area (Å²) in [6, 6.07) is 6.94. The monoisotopic (exact) mass is 311 g/mol. The Hall–Kier alpha value is -0.540. The molecule has 0 bridgehead atoms. The Balaban J connectivity index is 2.13. The van der Waals surface area contributed by atoms with E-state index in [0.717, 1.165) is 24.3 Å². The number of hydrogen-bond donors (Lipinski definition) is 0. The SMILES string of the molecule is COc1ccc(Br)c(CN2CCCC2C(C)C)c1. The first kappa shape index (κ1) is 13.9. The zero-order valence-electron chi connectivity index (χ0n) is 11.4. The molecule has 1 aliphatic rings. The van der Waals surface area contributed by atoms with Crippen LogP contribution in [0.5, 0.6) is 5.75 Å². The van der Waals surface area contributed by atoms with Crippen molar-refractivity contribution in [2.24, 2.45) is 5.92 Å². The molecule has 1 atom stereocenters. The number of hydrogen-bond acceptors (Lipinski definition) is 2. The molecule has 0 N–H and O–H groups in total. The smallest absolute Gasteiger partial charge is 0.119 e. The van der Waals surface area contributed by atoms with Crippen molar-refractivity contribution in [3.05, 3.63) is 28.2 Å². The summed E-state index contributed by atoms with van der Waals surface area (Å²) in [5, 5.41) is 0. The highest BCUT2D eigenvalue weighted by Gasteiger charge is 2.27. The third-order valence-corrected chi connectivity index (χ3v) is 4.58. The maximum absolute atomic E-state index is 5.31. The molecule has 1 aromatic carbocycles. The van der Waals surface area contributed by atoms with E-state index in [1.807, 2.05) is 6.07 Å². The summed E-state index contributed by atoms with van der Waals surface area (Å²) in [5.41, 5.74) is 1.32. The Morgan fingerprint density at radius 1 is 1.44 bits per heavy atom. The van der Waals surface area contributed by atoms with Gasteiger partial charge < -0.3 is 4.74 Å². The Kier molecular flexibility index (Phi) is 4.68. The second-order valence-corrected chi connectivity index (χ2v) is 6.24. The van der Waals surface area contributed by atoms with Crippen LogP contribution in [0.25, 0.3) is 0 Å². The molecule has 1 saturated heterocycles. The second-order valence-electron chi connectivity index (χ2n) is 5.38. The lowest BCUT2D eigenvalue weighted by Gasteiger charge is -2.28. The van der Waals surface area contributed by atoms with Gasteiger partial charge in [0.05, 0.1) is 7.11 Å². The molecule has 1 aromatic rings. The summed E-state index contributed by atoms with van der Waals surface area (Å²) < 4.78 is 6.49. The molecule has 1 aliphatic heterocycles. The molecule has 2 rings (SSSR count). The van der Waals surface area contributed by atoms with E-state index in [-0.39, 0.29) is 0 Å². The molecular weight excluding hydrogens is 290 g/mol. The van der Waals surface area contributed by atoms with E-state index in [9.17, 15) is 0 Å². The van der Waals surface area contributed by atoms with Gasteiger partial charge in [-0.1, -0.05) is 29.8 Å². The zero-order chi connectivity index (χ0) is 13.1. The minimum atomic E-state index is 0.725. The van der Waals surface area contributed by atoms with Gasteiger partial charge in [0.15, 0.2) is 0 Å². The quantitative estimate of drug-likeness (QED) is 0.831. The van der Waals surface area contributed by atoms with E-state index in [2.05, 4.69) is 46.8 Å². The van der Waals surface area contributed by atoms with Gasteiger partial charge in [0, 0.05) is 17.1 Å². The Morgan fingerprint density at radius 2 is 2.22 bits per heavy atom. The van der Waals surface area contributed by atoms with Gasteiger partial charge >= 0.3 is 0 Å². The fourth-order valence-electron chi connectivity index (χ4n) is 2.82. The Bertz CT molecular complexity index is 405. The molecule has 2 nitrogen and oxygen atoms in total. The van der Waals surface area contributed by atoms with Crippen LogP contribution in [0, 0.1) is 5.92 Å². The normalized spacial score (nSPS) is 20.6. The molecule has 100 valence electrons. The molecule has 0 radical (unpaired) electrons. The van der Waals surface area contributed by atoms with Crippen LogP contribution in [0.1, 0.15) is 32.3 Å². The summed E-state index contributed by atoms with van der Waals surface area (Å²) in [6.07, 6.45) is 2.66. The minimum Gasteiger partial charge on any atom is -0.497 e. The molecule has 1 unspecified atom stereocenters. The summed E-state index contributed by atoms with van der Waals surface area (Å²) >= 11 is 3.64. The summed E-state index contributed by atoms with van der Waals surface area (Å²) in [5.74, 6) is 1.67. The molecular formula is C15H22BrNO. The van der Waals surface area contributed by atoms with E-state index in [1.54, 1.807) is 7.11 Å². The molecule has 0 aromatic heterocycles. The van der Waals surface area contributed by atoms with Crippen LogP contribution in [0.2, 0.25) is 0 Å². The third kappa shape index (κ3) is 3.07. The molecule has 0 saturated carbocycles. The van der Waals surface area contributed by atoms with Crippen LogP contribution in [0.4, 0.5) is 0 Å². The van der Waals surface area contributed by atoms with Crippen LogP contribution in [-0.4, -0.2) is 24.6 Å². The number of likely N-dealkylation sites (tertiary alicyclic amines) is 1. The fourth-order valence-corrected chi connectivity index (χ4v) is 3.19. The van der Waals surface area contributed by atoms with Crippen molar-refractivity contribution in [2.45, 2.75) is 39.3 Å². The Labute approximate surface area is 118 Å². The highest BCUT2D eigenvalue weighted by Crippen LogP contribution is 2.29. The average molecular weight is 312 g/mol. The van der Waals surface area contributed by atoms with Gasteiger partial charge in [0.2, 0.25) is 0 Å². The molecule has 1 heterocycles. The predicted molar refractivity (Wildman–Crippen MR) is 79.0 cm³/mol. The number of halogens is 1. The Morgan fingerprint density at radius 3 is 2.89 bits per heavy atom. The number of methoxy groups -OCH3 is 1. The van der Waals surface area contributed by atoms with E-state index >= 15 is 0 Å². The average Bonchev–Trinajstić information content (AvgIpc) is 2.80. The molecule has 0 aliphatic carbocycles. The first-order valence-corrected chi connectivity index (χ1v) is 7.47. The minimum absolute atomic E-state index is 0.725. The van der Waals surface area contributed by atoms with Crippen molar-refractivity contribution < 1.29 is 4.74 Å². The van der Waals surface area contributed by atoms with E-state index in [1.165, 1.54) is 29.4 Å². The number of nitrogens with zero attached hydrogens (tertiary/aromatic N) is 1. The first-order valence-electron chi connectivity index (χ1n) is 6.68. The second kappa shape index (κ2) is 6.07. The van der Waals surface area contributed by atoms with E-state index in [4.69, 9.17) is 4.74 Å². The highest BCUT2D eigenvalue weighted by molar-refractivity contribution is 9.10.